The molecule has 1 rings (SSSR count). The number of carbonyl (C=O) groups excluding carboxylic acids is 2. The number of hydrogen-bond donors (Lipinski definition) is 1. The molecular weight excluding hydrogens is 234 g/mol. The summed E-state index contributed by atoms with van der Waals surface area (Å²) in [6.07, 6.45) is -0.139. The number of amides is 2. The van der Waals surface area contributed by atoms with Gasteiger partial charge in [0.2, 0.25) is 21.8 Å². The number of likely N-dealkylation sites (N-methyl/N-ethyl adjacent to an activating group) is 1. The summed E-state index contributed by atoms with van der Waals surface area (Å²) in [5.74, 6) is -0.599. The van der Waals surface area contributed by atoms with Crippen molar-refractivity contribution in [2.75, 3.05) is 27.2 Å². The average molecular weight is 249 g/mol. The molecule has 1 fully saturated rings. The van der Waals surface area contributed by atoms with Crippen LogP contribution in [-0.2, 0) is 19.6 Å². The normalized spacial score (nSPS) is 21.3. The molecule has 0 radical (unpaired) electrons. The molecule has 0 spiro atoms. The standard InChI is InChI=1S/C8H15N3O4S/c1-10(2)8(13)5-11-4-6(3-7(11)12)16(9,14)15/h6H,3-5H2,1-2H3,(H2,9,14,15). The molecule has 0 saturated carbocycles. The second-order valence-corrected chi connectivity index (χ2v) is 5.82. The summed E-state index contributed by atoms with van der Waals surface area (Å²) < 4.78 is 22.1. The number of likely N-dealkylation sites (tertiary alicyclic amines) is 1. The first kappa shape index (κ1) is 12.9. The van der Waals surface area contributed by atoms with E-state index in [0.29, 0.717) is 0 Å². The Morgan fingerprint density at radius 2 is 2.12 bits per heavy atom. The molecule has 1 unspecified atom stereocenters. The second-order valence-electron chi connectivity index (χ2n) is 3.98. The number of rotatable bonds is 3. The third-order valence-corrected chi connectivity index (χ3v) is 3.71. The molecule has 1 aliphatic heterocycles. The zero-order valence-corrected chi connectivity index (χ0v) is 10.0. The van der Waals surface area contributed by atoms with Gasteiger partial charge in [-0.2, -0.15) is 0 Å². The smallest absolute Gasteiger partial charge is 0.241 e. The summed E-state index contributed by atoms with van der Waals surface area (Å²) in [4.78, 5) is 25.3. The monoisotopic (exact) mass is 249 g/mol. The molecular formula is C8H15N3O4S. The fourth-order valence-electron chi connectivity index (χ4n) is 1.41. The van der Waals surface area contributed by atoms with Crippen LogP contribution in [0.4, 0.5) is 0 Å². The molecule has 0 aromatic rings. The minimum atomic E-state index is -3.71. The molecule has 0 bridgehead atoms. The average Bonchev–Trinajstić information content (AvgIpc) is 2.47. The molecule has 8 heteroatoms. The van der Waals surface area contributed by atoms with Crippen LogP contribution in [0.25, 0.3) is 0 Å². The van der Waals surface area contributed by atoms with Crippen molar-refractivity contribution < 1.29 is 18.0 Å². The Bertz CT molecular complexity index is 404. The number of carbonyl (C=O) groups is 2. The number of hydrogen-bond acceptors (Lipinski definition) is 4. The van der Waals surface area contributed by atoms with Gasteiger partial charge in [0.15, 0.2) is 0 Å². The Labute approximate surface area is 94.2 Å². The quantitative estimate of drug-likeness (QED) is 0.623. The largest absolute Gasteiger partial charge is 0.347 e. The second kappa shape index (κ2) is 4.38. The molecule has 16 heavy (non-hydrogen) atoms. The Morgan fingerprint density at radius 3 is 2.50 bits per heavy atom. The molecule has 92 valence electrons. The van der Waals surface area contributed by atoms with Gasteiger partial charge in [-0.25, -0.2) is 13.6 Å². The van der Waals surface area contributed by atoms with Gasteiger partial charge >= 0.3 is 0 Å². The van der Waals surface area contributed by atoms with Gasteiger partial charge in [0.05, 0.1) is 6.54 Å². The highest BCUT2D eigenvalue weighted by Gasteiger charge is 2.37. The first-order valence-electron chi connectivity index (χ1n) is 4.71. The van der Waals surface area contributed by atoms with Crippen molar-refractivity contribution in [2.24, 2.45) is 5.14 Å². The Kier molecular flexibility index (Phi) is 3.54. The zero-order chi connectivity index (χ0) is 12.5. The van der Waals surface area contributed by atoms with Gasteiger partial charge < -0.3 is 9.80 Å². The van der Waals surface area contributed by atoms with Gasteiger partial charge in [-0.1, -0.05) is 0 Å². The predicted molar refractivity (Wildman–Crippen MR) is 56.8 cm³/mol. The maximum absolute atomic E-state index is 11.4. The fourth-order valence-corrected chi connectivity index (χ4v) is 2.18. The maximum Gasteiger partial charge on any atom is 0.241 e. The molecule has 1 atom stereocenters. The van der Waals surface area contributed by atoms with Crippen LogP contribution in [0, 0.1) is 0 Å². The number of nitrogens with two attached hydrogens (primary N) is 1. The predicted octanol–water partition coefficient (Wildman–Crippen LogP) is -2.04. The van der Waals surface area contributed by atoms with Gasteiger partial charge in [0, 0.05) is 27.1 Å². The molecule has 0 aromatic heterocycles. The summed E-state index contributed by atoms with van der Waals surface area (Å²) in [5, 5.41) is 4.06. The lowest BCUT2D eigenvalue weighted by Gasteiger charge is -2.18. The zero-order valence-electron chi connectivity index (χ0n) is 9.21. The van der Waals surface area contributed by atoms with Crippen LogP contribution in [0.15, 0.2) is 0 Å². The Balaban J connectivity index is 2.66. The molecule has 0 aliphatic carbocycles. The van der Waals surface area contributed by atoms with Crippen molar-refractivity contribution in [3.8, 4) is 0 Å². The summed E-state index contributed by atoms with van der Waals surface area (Å²) in [7, 11) is -0.573. The lowest BCUT2D eigenvalue weighted by molar-refractivity contribution is -0.136. The van der Waals surface area contributed by atoms with E-state index < -0.39 is 15.3 Å². The van der Waals surface area contributed by atoms with Crippen LogP contribution in [0.3, 0.4) is 0 Å². The number of primary sulfonamides is 1. The van der Waals surface area contributed by atoms with Gasteiger partial charge in [-0.05, 0) is 0 Å². The van der Waals surface area contributed by atoms with E-state index in [2.05, 4.69) is 0 Å². The van der Waals surface area contributed by atoms with Crippen LogP contribution in [0.1, 0.15) is 6.42 Å². The van der Waals surface area contributed by atoms with Crippen LogP contribution in [0.5, 0.6) is 0 Å². The molecule has 2 N–H and O–H groups in total. The van der Waals surface area contributed by atoms with Gasteiger partial charge in [-0.3, -0.25) is 9.59 Å². The van der Waals surface area contributed by atoms with Crippen molar-refractivity contribution in [2.45, 2.75) is 11.7 Å². The Hall–Kier alpha value is -1.15. The molecule has 7 nitrogen and oxygen atoms in total. The highest BCUT2D eigenvalue weighted by molar-refractivity contribution is 7.89. The summed E-state index contributed by atoms with van der Waals surface area (Å²) >= 11 is 0. The summed E-state index contributed by atoms with van der Waals surface area (Å²) in [6, 6.07) is 0. The third-order valence-electron chi connectivity index (χ3n) is 2.47. The van der Waals surface area contributed by atoms with Gasteiger partial charge in [0.25, 0.3) is 0 Å². The van der Waals surface area contributed by atoms with E-state index in [9.17, 15) is 18.0 Å². The molecule has 1 saturated heterocycles. The van der Waals surface area contributed by atoms with Crippen molar-refractivity contribution >= 4 is 21.8 Å². The number of nitrogens with zero attached hydrogens (tertiary/aromatic N) is 2. The van der Waals surface area contributed by atoms with Crippen LogP contribution >= 0.6 is 0 Å². The molecule has 1 aliphatic rings. The first-order valence-corrected chi connectivity index (χ1v) is 6.32. The van der Waals surface area contributed by atoms with E-state index >= 15 is 0 Å². The first-order chi connectivity index (χ1) is 7.21. The van der Waals surface area contributed by atoms with E-state index in [-0.39, 0.29) is 31.3 Å². The molecule has 0 aromatic carbocycles. The lowest BCUT2D eigenvalue weighted by Crippen LogP contribution is -2.38. The maximum atomic E-state index is 11.4. The van der Waals surface area contributed by atoms with Crippen molar-refractivity contribution in [3.05, 3.63) is 0 Å². The highest BCUT2D eigenvalue weighted by Crippen LogP contribution is 2.16. The van der Waals surface area contributed by atoms with Gasteiger partial charge in [-0.15, -0.1) is 0 Å². The lowest BCUT2D eigenvalue weighted by atomic mass is 10.4. The van der Waals surface area contributed by atoms with E-state index in [1.54, 1.807) is 14.1 Å². The fraction of sp³-hybridized carbons (Fsp3) is 0.750. The minimum absolute atomic E-state index is 0.00273. The number of sulfonamides is 1. The van der Waals surface area contributed by atoms with Crippen molar-refractivity contribution in [1.82, 2.24) is 9.80 Å². The van der Waals surface area contributed by atoms with E-state index in [0.717, 1.165) is 0 Å². The van der Waals surface area contributed by atoms with Crippen molar-refractivity contribution in [3.63, 3.8) is 0 Å². The summed E-state index contributed by atoms with van der Waals surface area (Å²) in [5.41, 5.74) is 0. The van der Waals surface area contributed by atoms with Gasteiger partial charge in [0.1, 0.15) is 5.25 Å². The topological polar surface area (TPSA) is 101 Å². The molecule has 2 amide bonds. The van der Waals surface area contributed by atoms with Crippen LogP contribution < -0.4 is 5.14 Å². The van der Waals surface area contributed by atoms with Crippen LogP contribution in [0.2, 0.25) is 0 Å². The van der Waals surface area contributed by atoms with E-state index in [1.165, 1.54) is 9.80 Å². The van der Waals surface area contributed by atoms with Crippen molar-refractivity contribution in [1.29, 1.82) is 0 Å². The third kappa shape index (κ3) is 2.92. The van der Waals surface area contributed by atoms with Crippen LogP contribution in [-0.4, -0.2) is 62.5 Å². The van der Waals surface area contributed by atoms with E-state index in [1.807, 2.05) is 0 Å². The summed E-state index contributed by atoms with van der Waals surface area (Å²) in [6.45, 7) is -0.102. The molecule has 1 heterocycles. The highest BCUT2D eigenvalue weighted by atomic mass is 32.2. The van der Waals surface area contributed by atoms with E-state index in [4.69, 9.17) is 5.14 Å². The SMILES string of the molecule is CN(C)C(=O)CN1CC(S(N)(=O)=O)CC1=O. The minimum Gasteiger partial charge on any atom is -0.347 e. The Morgan fingerprint density at radius 1 is 1.56 bits per heavy atom.